The molecule has 10 heteroatoms. The summed E-state index contributed by atoms with van der Waals surface area (Å²) in [4.78, 5) is 37.2. The van der Waals surface area contributed by atoms with Crippen LogP contribution < -0.4 is 15.6 Å². The van der Waals surface area contributed by atoms with Crippen LogP contribution in [0.1, 0.15) is 75.2 Å². The standard InChI is InChI=1S/C17H16N4O3.C8H15NO.C3H8O/c1-24-15-8-14-10(9-18-20-14)7-12(15)16(22)19-13-3-2-6-21(17(13)23)11-4-5-11;1-9(7-10)8-5-3-2-4-6-8;1-3(2)4/h2-3,6-9,11H,4-5H2,1H3,(H,18,20)(H,19,22);7-8H,2-6H2,1H3;3-4H,1-2H3. The number of aromatic nitrogens is 3. The summed E-state index contributed by atoms with van der Waals surface area (Å²) in [7, 11) is 3.37. The summed E-state index contributed by atoms with van der Waals surface area (Å²) in [6.07, 6.45) is 12.5. The van der Waals surface area contributed by atoms with E-state index >= 15 is 0 Å². The van der Waals surface area contributed by atoms with Gasteiger partial charge in [-0.05, 0) is 57.7 Å². The first-order chi connectivity index (χ1) is 18.2. The number of aromatic amines is 1. The van der Waals surface area contributed by atoms with Gasteiger partial charge in [0.05, 0.1) is 24.4 Å². The topological polar surface area (TPSA) is 130 Å². The Balaban J connectivity index is 0.000000237. The Morgan fingerprint density at radius 3 is 2.53 bits per heavy atom. The van der Waals surface area contributed by atoms with Gasteiger partial charge in [-0.15, -0.1) is 0 Å². The van der Waals surface area contributed by atoms with Gasteiger partial charge in [0.25, 0.3) is 11.5 Å². The smallest absolute Gasteiger partial charge is 0.274 e. The zero-order valence-electron chi connectivity index (χ0n) is 22.6. The molecular weight excluding hydrogens is 486 g/mol. The Kier molecular flexibility index (Phi) is 10.5. The summed E-state index contributed by atoms with van der Waals surface area (Å²) in [5, 5.41) is 18.3. The molecule has 0 unspecified atom stereocenters. The minimum Gasteiger partial charge on any atom is -0.496 e. The van der Waals surface area contributed by atoms with Crippen molar-refractivity contribution in [2.75, 3.05) is 19.5 Å². The number of anilines is 1. The highest BCUT2D eigenvalue weighted by atomic mass is 16.5. The Morgan fingerprint density at radius 1 is 1.24 bits per heavy atom. The number of nitrogens with one attached hydrogen (secondary N) is 2. The van der Waals surface area contributed by atoms with Crippen molar-refractivity contribution in [2.24, 2.45) is 0 Å². The molecule has 2 aromatic heterocycles. The van der Waals surface area contributed by atoms with Gasteiger partial charge in [0, 0.05) is 42.9 Å². The Labute approximate surface area is 223 Å². The molecule has 0 radical (unpaired) electrons. The maximum absolute atomic E-state index is 12.6. The molecule has 1 aromatic carbocycles. The average molecular weight is 526 g/mol. The maximum Gasteiger partial charge on any atom is 0.274 e. The lowest BCUT2D eigenvalue weighted by atomic mass is 9.95. The number of H-pyrrole nitrogens is 1. The lowest BCUT2D eigenvalue weighted by molar-refractivity contribution is -0.119. The molecular formula is C28H39N5O5. The number of aliphatic hydroxyl groups excluding tert-OH is 1. The Hall–Kier alpha value is -3.66. The molecule has 38 heavy (non-hydrogen) atoms. The summed E-state index contributed by atoms with van der Waals surface area (Å²) in [5.74, 6) is 0.0308. The second kappa shape index (κ2) is 13.8. The molecule has 2 aliphatic carbocycles. The van der Waals surface area contributed by atoms with E-state index in [1.807, 2.05) is 7.05 Å². The molecule has 0 aliphatic heterocycles. The van der Waals surface area contributed by atoms with Crippen LogP contribution in [0, 0.1) is 0 Å². The van der Waals surface area contributed by atoms with Crippen molar-refractivity contribution in [3.8, 4) is 5.75 Å². The third-order valence-electron chi connectivity index (χ3n) is 6.48. The van der Waals surface area contributed by atoms with Crippen LogP contribution in [-0.4, -0.2) is 63.4 Å². The quantitative estimate of drug-likeness (QED) is 0.415. The number of pyridine rings is 1. The molecule has 2 aliphatic rings. The van der Waals surface area contributed by atoms with E-state index in [9.17, 15) is 14.4 Å². The predicted octanol–water partition coefficient (Wildman–Crippen LogP) is 4.11. The van der Waals surface area contributed by atoms with Crippen molar-refractivity contribution >= 4 is 28.9 Å². The summed E-state index contributed by atoms with van der Waals surface area (Å²) in [6.45, 7) is 3.44. The minimum absolute atomic E-state index is 0.167. The van der Waals surface area contributed by atoms with Gasteiger partial charge in [0.15, 0.2) is 0 Å². The highest BCUT2D eigenvalue weighted by Crippen LogP contribution is 2.33. The van der Waals surface area contributed by atoms with E-state index < -0.39 is 0 Å². The van der Waals surface area contributed by atoms with E-state index in [4.69, 9.17) is 9.84 Å². The van der Waals surface area contributed by atoms with Crippen LogP contribution in [0.25, 0.3) is 10.9 Å². The number of hydrogen-bond acceptors (Lipinski definition) is 6. The Bertz CT molecular complexity index is 1260. The summed E-state index contributed by atoms with van der Waals surface area (Å²) < 4.78 is 6.96. The molecule has 2 fully saturated rings. The third-order valence-corrected chi connectivity index (χ3v) is 6.48. The molecule has 0 spiro atoms. The fourth-order valence-corrected chi connectivity index (χ4v) is 4.33. The number of ether oxygens (including phenoxy) is 1. The molecule has 2 heterocycles. The number of carbonyl (C=O) groups excluding carboxylic acids is 2. The van der Waals surface area contributed by atoms with E-state index in [1.54, 1.807) is 60.0 Å². The zero-order chi connectivity index (χ0) is 27.7. The number of benzene rings is 1. The highest BCUT2D eigenvalue weighted by molar-refractivity contribution is 6.08. The van der Waals surface area contributed by atoms with Gasteiger partial charge in [-0.3, -0.25) is 19.5 Å². The first kappa shape index (κ1) is 28.9. The van der Waals surface area contributed by atoms with Gasteiger partial charge in [0.2, 0.25) is 6.41 Å². The lowest BCUT2D eigenvalue weighted by Crippen LogP contribution is -2.31. The SMILES string of the molecule is CC(C)O.CN(C=O)C1CCCCC1.COc1cc2[nH]ncc2cc1C(=O)Nc1cccn(C2CC2)c1=O. The average Bonchev–Trinajstić information content (AvgIpc) is 3.65. The summed E-state index contributed by atoms with van der Waals surface area (Å²) in [5.41, 5.74) is 1.22. The van der Waals surface area contributed by atoms with Gasteiger partial charge < -0.3 is 24.6 Å². The van der Waals surface area contributed by atoms with E-state index in [0.29, 0.717) is 17.4 Å². The van der Waals surface area contributed by atoms with Gasteiger partial charge >= 0.3 is 0 Å². The number of fused-ring (bicyclic) bond motifs is 1. The van der Waals surface area contributed by atoms with Crippen molar-refractivity contribution in [3.05, 3.63) is 52.6 Å². The van der Waals surface area contributed by atoms with Crippen molar-refractivity contribution in [2.45, 2.75) is 77.0 Å². The molecule has 5 rings (SSSR count). The number of rotatable bonds is 6. The van der Waals surface area contributed by atoms with Crippen molar-refractivity contribution < 1.29 is 19.4 Å². The molecule has 2 saturated carbocycles. The van der Waals surface area contributed by atoms with Crippen molar-refractivity contribution in [1.82, 2.24) is 19.7 Å². The van der Waals surface area contributed by atoms with E-state index in [-0.39, 0.29) is 29.3 Å². The van der Waals surface area contributed by atoms with Crippen LogP contribution >= 0.6 is 0 Å². The van der Waals surface area contributed by atoms with Crippen LogP contribution in [0.3, 0.4) is 0 Å². The van der Waals surface area contributed by atoms with Crippen LogP contribution in [0.4, 0.5) is 5.69 Å². The molecule has 0 bridgehead atoms. The number of amides is 2. The van der Waals surface area contributed by atoms with Gasteiger partial charge in [-0.25, -0.2) is 0 Å². The van der Waals surface area contributed by atoms with E-state index in [1.165, 1.54) is 39.2 Å². The highest BCUT2D eigenvalue weighted by Gasteiger charge is 2.25. The predicted molar refractivity (Wildman–Crippen MR) is 148 cm³/mol. The Morgan fingerprint density at radius 2 is 1.92 bits per heavy atom. The second-order valence-electron chi connectivity index (χ2n) is 9.99. The van der Waals surface area contributed by atoms with E-state index in [2.05, 4.69) is 15.5 Å². The first-order valence-electron chi connectivity index (χ1n) is 13.1. The van der Waals surface area contributed by atoms with Gasteiger partial charge in [0.1, 0.15) is 11.4 Å². The van der Waals surface area contributed by atoms with E-state index in [0.717, 1.165) is 30.2 Å². The molecule has 2 amide bonds. The molecule has 0 atom stereocenters. The first-order valence-corrected chi connectivity index (χ1v) is 13.1. The fraction of sp³-hybridized carbons (Fsp3) is 0.500. The number of hydrogen-bond donors (Lipinski definition) is 3. The molecule has 3 aromatic rings. The molecule has 206 valence electrons. The molecule has 0 saturated heterocycles. The normalized spacial score (nSPS) is 15.1. The number of aliphatic hydroxyl groups is 1. The van der Waals surface area contributed by atoms with Gasteiger partial charge in [-0.1, -0.05) is 19.3 Å². The maximum atomic E-state index is 12.6. The molecule has 10 nitrogen and oxygen atoms in total. The number of methoxy groups -OCH3 is 1. The van der Waals surface area contributed by atoms with Gasteiger partial charge in [-0.2, -0.15) is 5.10 Å². The number of carbonyl (C=O) groups is 2. The van der Waals surface area contributed by atoms with Crippen LogP contribution in [0.5, 0.6) is 5.75 Å². The van der Waals surface area contributed by atoms with Crippen LogP contribution in [0.2, 0.25) is 0 Å². The molecule has 3 N–H and O–H groups in total. The lowest BCUT2D eigenvalue weighted by Gasteiger charge is -2.27. The second-order valence-corrected chi connectivity index (χ2v) is 9.99. The van der Waals surface area contributed by atoms with Crippen molar-refractivity contribution in [3.63, 3.8) is 0 Å². The minimum atomic E-state index is -0.388. The number of nitrogens with zero attached hydrogens (tertiary/aromatic N) is 3. The fourth-order valence-electron chi connectivity index (χ4n) is 4.33. The largest absolute Gasteiger partial charge is 0.496 e. The summed E-state index contributed by atoms with van der Waals surface area (Å²) >= 11 is 0. The van der Waals surface area contributed by atoms with Crippen LogP contribution in [0.15, 0.2) is 41.5 Å². The van der Waals surface area contributed by atoms with Crippen LogP contribution in [-0.2, 0) is 4.79 Å². The zero-order valence-corrected chi connectivity index (χ0v) is 22.6. The summed E-state index contributed by atoms with van der Waals surface area (Å²) in [6, 6.07) is 7.57. The third kappa shape index (κ3) is 7.92. The monoisotopic (exact) mass is 525 g/mol. The van der Waals surface area contributed by atoms with Crippen molar-refractivity contribution in [1.29, 1.82) is 0 Å².